The molecule has 2 N–H and O–H groups in total. The molecule has 1 aromatic heterocycles. The fraction of sp³-hybridized carbons (Fsp3) is 0.636. The topological polar surface area (TPSA) is 67.2 Å². The SMILES string of the molecule is CC(CCC(=O)O)NC(C)Cn1ccnc1. The molecule has 0 aromatic carbocycles. The van der Waals surface area contributed by atoms with Crippen LogP contribution in [0.15, 0.2) is 18.7 Å². The van der Waals surface area contributed by atoms with Gasteiger partial charge >= 0.3 is 5.97 Å². The number of carboxylic acids is 1. The minimum Gasteiger partial charge on any atom is -0.481 e. The van der Waals surface area contributed by atoms with Gasteiger partial charge in [-0.1, -0.05) is 0 Å². The van der Waals surface area contributed by atoms with Gasteiger partial charge in [-0.2, -0.15) is 0 Å². The molecule has 0 amide bonds. The Morgan fingerprint density at radius 2 is 2.25 bits per heavy atom. The van der Waals surface area contributed by atoms with Gasteiger partial charge in [0.2, 0.25) is 0 Å². The third-order valence-electron chi connectivity index (χ3n) is 2.40. The van der Waals surface area contributed by atoms with Crippen LogP contribution in [0.2, 0.25) is 0 Å². The number of hydrogen-bond donors (Lipinski definition) is 2. The van der Waals surface area contributed by atoms with E-state index in [9.17, 15) is 4.79 Å². The third kappa shape index (κ3) is 4.93. The van der Waals surface area contributed by atoms with Gasteiger partial charge in [0, 0.05) is 37.4 Å². The Hall–Kier alpha value is -1.36. The number of imidazole rings is 1. The maximum absolute atomic E-state index is 10.4. The van der Waals surface area contributed by atoms with Crippen LogP contribution in [0.4, 0.5) is 0 Å². The van der Waals surface area contributed by atoms with Gasteiger partial charge in [0.1, 0.15) is 0 Å². The summed E-state index contributed by atoms with van der Waals surface area (Å²) in [7, 11) is 0. The predicted molar refractivity (Wildman–Crippen MR) is 61.2 cm³/mol. The van der Waals surface area contributed by atoms with Gasteiger partial charge in [0.05, 0.1) is 6.33 Å². The van der Waals surface area contributed by atoms with Crippen LogP contribution in [0.3, 0.4) is 0 Å². The predicted octanol–water partition coefficient (Wildman–Crippen LogP) is 1.11. The number of nitrogens with one attached hydrogen (secondary N) is 1. The van der Waals surface area contributed by atoms with Crippen LogP contribution in [0.1, 0.15) is 26.7 Å². The second-order valence-electron chi connectivity index (χ2n) is 4.16. The first-order valence-corrected chi connectivity index (χ1v) is 5.51. The van der Waals surface area contributed by atoms with Crippen molar-refractivity contribution in [2.45, 2.75) is 45.3 Å². The van der Waals surface area contributed by atoms with Gasteiger partial charge in [-0.3, -0.25) is 4.79 Å². The number of nitrogens with zero attached hydrogens (tertiary/aromatic N) is 2. The largest absolute Gasteiger partial charge is 0.481 e. The van der Waals surface area contributed by atoms with Gasteiger partial charge in [-0.05, 0) is 20.3 Å². The molecule has 16 heavy (non-hydrogen) atoms. The number of aromatic nitrogens is 2. The molecule has 0 bridgehead atoms. The van der Waals surface area contributed by atoms with E-state index in [0.717, 1.165) is 6.54 Å². The molecule has 0 spiro atoms. The van der Waals surface area contributed by atoms with Crippen LogP contribution in [0.5, 0.6) is 0 Å². The number of carbonyl (C=O) groups is 1. The zero-order valence-electron chi connectivity index (χ0n) is 9.76. The average molecular weight is 225 g/mol. The highest BCUT2D eigenvalue weighted by molar-refractivity contribution is 5.66. The molecule has 0 saturated heterocycles. The van der Waals surface area contributed by atoms with Gasteiger partial charge in [0.25, 0.3) is 0 Å². The molecule has 1 aromatic rings. The highest BCUT2D eigenvalue weighted by Gasteiger charge is 2.09. The highest BCUT2D eigenvalue weighted by atomic mass is 16.4. The Morgan fingerprint density at radius 1 is 1.50 bits per heavy atom. The minimum absolute atomic E-state index is 0.214. The van der Waals surface area contributed by atoms with E-state index in [4.69, 9.17) is 5.11 Å². The molecule has 0 aliphatic rings. The van der Waals surface area contributed by atoms with Gasteiger partial charge in [0.15, 0.2) is 0 Å². The molecule has 0 radical (unpaired) electrons. The van der Waals surface area contributed by atoms with E-state index in [1.165, 1.54) is 0 Å². The first-order chi connectivity index (χ1) is 7.58. The Morgan fingerprint density at radius 3 is 2.81 bits per heavy atom. The molecular formula is C11H19N3O2. The molecule has 90 valence electrons. The van der Waals surface area contributed by atoms with Crippen LogP contribution < -0.4 is 5.32 Å². The maximum atomic E-state index is 10.4. The first kappa shape index (κ1) is 12.7. The van der Waals surface area contributed by atoms with E-state index >= 15 is 0 Å². The lowest BCUT2D eigenvalue weighted by Crippen LogP contribution is -2.37. The lowest BCUT2D eigenvalue weighted by Gasteiger charge is -2.19. The third-order valence-corrected chi connectivity index (χ3v) is 2.40. The number of aliphatic carboxylic acids is 1. The molecule has 0 aliphatic carbocycles. The van der Waals surface area contributed by atoms with Crippen molar-refractivity contribution in [1.29, 1.82) is 0 Å². The van der Waals surface area contributed by atoms with Crippen LogP contribution in [0.25, 0.3) is 0 Å². The summed E-state index contributed by atoms with van der Waals surface area (Å²) in [6, 6.07) is 0.521. The molecule has 0 aliphatic heterocycles. The smallest absolute Gasteiger partial charge is 0.303 e. The van der Waals surface area contributed by atoms with Gasteiger partial charge in [-0.15, -0.1) is 0 Å². The van der Waals surface area contributed by atoms with Crippen molar-refractivity contribution in [3.8, 4) is 0 Å². The molecule has 0 fully saturated rings. The summed E-state index contributed by atoms with van der Waals surface area (Å²) in [5.74, 6) is -0.740. The quantitative estimate of drug-likeness (QED) is 0.729. The molecule has 1 heterocycles. The number of rotatable bonds is 7. The fourth-order valence-electron chi connectivity index (χ4n) is 1.67. The molecule has 2 unspecified atom stereocenters. The normalized spacial score (nSPS) is 14.6. The molecule has 1 rings (SSSR count). The Bertz CT molecular complexity index is 311. The Kier molecular flexibility index (Phi) is 4.98. The summed E-state index contributed by atoms with van der Waals surface area (Å²) >= 11 is 0. The van der Waals surface area contributed by atoms with Crippen LogP contribution in [-0.2, 0) is 11.3 Å². The van der Waals surface area contributed by atoms with E-state index in [-0.39, 0.29) is 12.5 Å². The van der Waals surface area contributed by atoms with Crippen molar-refractivity contribution in [1.82, 2.24) is 14.9 Å². The van der Waals surface area contributed by atoms with E-state index in [0.29, 0.717) is 12.5 Å². The first-order valence-electron chi connectivity index (χ1n) is 5.51. The van der Waals surface area contributed by atoms with E-state index < -0.39 is 5.97 Å². The monoisotopic (exact) mass is 225 g/mol. The molecule has 2 atom stereocenters. The van der Waals surface area contributed by atoms with Crippen molar-refractivity contribution in [2.75, 3.05) is 0 Å². The average Bonchev–Trinajstić information content (AvgIpc) is 2.67. The summed E-state index contributed by atoms with van der Waals surface area (Å²) in [5, 5.41) is 11.9. The Labute approximate surface area is 95.5 Å². The second kappa shape index (κ2) is 6.27. The minimum atomic E-state index is -0.740. The highest BCUT2D eigenvalue weighted by Crippen LogP contribution is 1.99. The van der Waals surface area contributed by atoms with Crippen LogP contribution in [0, 0.1) is 0 Å². The van der Waals surface area contributed by atoms with Crippen molar-refractivity contribution < 1.29 is 9.90 Å². The standard InChI is InChI=1S/C11H19N3O2/c1-9(3-4-11(15)16)13-10(2)7-14-6-5-12-8-14/h5-6,8-10,13H,3-4,7H2,1-2H3,(H,15,16). The van der Waals surface area contributed by atoms with Crippen molar-refractivity contribution in [3.63, 3.8) is 0 Å². The Balaban J connectivity index is 2.22. The summed E-state index contributed by atoms with van der Waals surface area (Å²) in [5.41, 5.74) is 0. The number of carboxylic acid groups (broad SMARTS) is 1. The second-order valence-corrected chi connectivity index (χ2v) is 4.16. The van der Waals surface area contributed by atoms with E-state index in [1.54, 1.807) is 12.5 Å². The van der Waals surface area contributed by atoms with Gasteiger partial charge in [-0.25, -0.2) is 4.98 Å². The summed E-state index contributed by atoms with van der Waals surface area (Å²) in [6.45, 7) is 4.93. The maximum Gasteiger partial charge on any atom is 0.303 e. The van der Waals surface area contributed by atoms with Crippen molar-refractivity contribution in [2.24, 2.45) is 0 Å². The van der Waals surface area contributed by atoms with E-state index in [1.807, 2.05) is 17.7 Å². The molecule has 0 saturated carbocycles. The van der Waals surface area contributed by atoms with E-state index in [2.05, 4.69) is 17.2 Å². The lowest BCUT2D eigenvalue weighted by molar-refractivity contribution is -0.137. The summed E-state index contributed by atoms with van der Waals surface area (Å²) in [4.78, 5) is 14.4. The summed E-state index contributed by atoms with van der Waals surface area (Å²) < 4.78 is 2.00. The van der Waals surface area contributed by atoms with Crippen LogP contribution >= 0.6 is 0 Å². The zero-order valence-corrected chi connectivity index (χ0v) is 9.76. The fourth-order valence-corrected chi connectivity index (χ4v) is 1.67. The lowest BCUT2D eigenvalue weighted by atomic mass is 10.1. The summed E-state index contributed by atoms with van der Waals surface area (Å²) in [6.07, 6.45) is 6.32. The molecule has 5 nitrogen and oxygen atoms in total. The van der Waals surface area contributed by atoms with Crippen LogP contribution in [-0.4, -0.2) is 32.7 Å². The number of hydrogen-bond acceptors (Lipinski definition) is 3. The van der Waals surface area contributed by atoms with Gasteiger partial charge < -0.3 is 15.0 Å². The molecule has 5 heteroatoms. The van der Waals surface area contributed by atoms with Crippen molar-refractivity contribution >= 4 is 5.97 Å². The molecular weight excluding hydrogens is 206 g/mol. The van der Waals surface area contributed by atoms with Crippen molar-refractivity contribution in [3.05, 3.63) is 18.7 Å². The zero-order chi connectivity index (χ0) is 12.0.